The van der Waals surface area contributed by atoms with Crippen molar-refractivity contribution in [1.29, 1.82) is 0 Å². The van der Waals surface area contributed by atoms with Crippen LogP contribution >= 0.6 is 0 Å². The van der Waals surface area contributed by atoms with Crippen molar-refractivity contribution in [2.75, 3.05) is 18.8 Å². The summed E-state index contributed by atoms with van der Waals surface area (Å²) in [5.74, 6) is 0.210. The van der Waals surface area contributed by atoms with Gasteiger partial charge < -0.3 is 10.6 Å². The van der Waals surface area contributed by atoms with Gasteiger partial charge in [0, 0.05) is 29.9 Å². The summed E-state index contributed by atoms with van der Waals surface area (Å²) < 4.78 is 0. The first kappa shape index (κ1) is 14.3. The SMILES string of the molecule is Nc1ccc(CC(=O)N2CCCC3(CCc4cn[nH]c43)C2)cc1. The normalized spacial score (nSPS) is 23.2. The van der Waals surface area contributed by atoms with E-state index in [4.69, 9.17) is 5.73 Å². The molecule has 1 aliphatic heterocycles. The summed E-state index contributed by atoms with van der Waals surface area (Å²) in [5, 5.41) is 7.39. The van der Waals surface area contributed by atoms with Gasteiger partial charge in [-0.25, -0.2) is 0 Å². The van der Waals surface area contributed by atoms with Crippen molar-refractivity contribution in [1.82, 2.24) is 15.1 Å². The first-order chi connectivity index (χ1) is 11.2. The quantitative estimate of drug-likeness (QED) is 0.834. The second-order valence-electron chi connectivity index (χ2n) is 6.89. The molecule has 1 unspecified atom stereocenters. The largest absolute Gasteiger partial charge is 0.399 e. The molecule has 5 nitrogen and oxygen atoms in total. The molecule has 1 aliphatic carbocycles. The van der Waals surface area contributed by atoms with E-state index >= 15 is 0 Å². The fraction of sp³-hybridized carbons (Fsp3) is 0.444. The molecule has 120 valence electrons. The number of nitrogens with zero attached hydrogens (tertiary/aromatic N) is 2. The smallest absolute Gasteiger partial charge is 0.227 e. The minimum Gasteiger partial charge on any atom is -0.399 e. The van der Waals surface area contributed by atoms with Crippen LogP contribution in [0.2, 0.25) is 0 Å². The van der Waals surface area contributed by atoms with Gasteiger partial charge in [0.05, 0.1) is 12.6 Å². The number of nitrogen functional groups attached to an aromatic ring is 1. The lowest BCUT2D eigenvalue weighted by Crippen LogP contribution is -2.48. The van der Waals surface area contributed by atoms with Crippen molar-refractivity contribution in [2.45, 2.75) is 37.5 Å². The van der Waals surface area contributed by atoms with E-state index in [1.165, 1.54) is 11.3 Å². The standard InChI is InChI=1S/C18H22N4O/c19-15-4-2-13(3-5-15)10-16(23)22-9-1-7-18(12-22)8-6-14-11-20-21-17(14)18/h2-5,11H,1,6-10,12,19H2,(H,20,21). The summed E-state index contributed by atoms with van der Waals surface area (Å²) in [6.07, 6.45) is 6.80. The molecule has 2 aromatic rings. The van der Waals surface area contributed by atoms with Gasteiger partial charge in [-0.1, -0.05) is 12.1 Å². The van der Waals surface area contributed by atoms with Crippen LogP contribution in [-0.2, 0) is 23.1 Å². The monoisotopic (exact) mass is 310 g/mol. The number of fused-ring (bicyclic) bond motifs is 2. The van der Waals surface area contributed by atoms with Crippen molar-refractivity contribution in [2.24, 2.45) is 0 Å². The number of likely N-dealkylation sites (tertiary alicyclic amines) is 1. The van der Waals surface area contributed by atoms with Crippen LogP contribution in [0.25, 0.3) is 0 Å². The maximum absolute atomic E-state index is 12.7. The molecule has 0 radical (unpaired) electrons. The predicted octanol–water partition coefficient (Wildman–Crippen LogP) is 2.04. The Labute approximate surface area is 135 Å². The zero-order valence-corrected chi connectivity index (χ0v) is 13.2. The Bertz CT molecular complexity index is 721. The fourth-order valence-corrected chi connectivity index (χ4v) is 4.13. The Morgan fingerprint density at radius 3 is 2.96 bits per heavy atom. The van der Waals surface area contributed by atoms with Gasteiger partial charge >= 0.3 is 0 Å². The molecule has 1 fully saturated rings. The number of benzene rings is 1. The van der Waals surface area contributed by atoms with E-state index in [1.807, 2.05) is 35.4 Å². The number of H-pyrrole nitrogens is 1. The number of aromatic nitrogens is 2. The van der Waals surface area contributed by atoms with Crippen molar-refractivity contribution in [3.8, 4) is 0 Å². The summed E-state index contributed by atoms with van der Waals surface area (Å²) in [6.45, 7) is 1.68. The van der Waals surface area contributed by atoms with Crippen LogP contribution in [0.1, 0.15) is 36.1 Å². The van der Waals surface area contributed by atoms with Gasteiger partial charge in [0.25, 0.3) is 0 Å². The van der Waals surface area contributed by atoms with Crippen LogP contribution in [0, 0.1) is 0 Å². The number of carbonyl (C=O) groups is 1. The van der Waals surface area contributed by atoms with Crippen LogP contribution < -0.4 is 5.73 Å². The number of piperidine rings is 1. The van der Waals surface area contributed by atoms with E-state index in [2.05, 4.69) is 10.2 Å². The number of rotatable bonds is 2. The number of hydrogen-bond donors (Lipinski definition) is 2. The van der Waals surface area contributed by atoms with Crippen LogP contribution in [0.4, 0.5) is 5.69 Å². The molecule has 1 aromatic heterocycles. The second-order valence-corrected chi connectivity index (χ2v) is 6.89. The van der Waals surface area contributed by atoms with Crippen LogP contribution in [0.5, 0.6) is 0 Å². The van der Waals surface area contributed by atoms with Crippen molar-refractivity contribution < 1.29 is 4.79 Å². The lowest BCUT2D eigenvalue weighted by molar-refractivity contribution is -0.132. The highest BCUT2D eigenvalue weighted by Gasteiger charge is 2.44. The number of amides is 1. The zero-order valence-electron chi connectivity index (χ0n) is 13.2. The highest BCUT2D eigenvalue weighted by Crippen LogP contribution is 2.43. The molecule has 1 saturated heterocycles. The fourth-order valence-electron chi connectivity index (χ4n) is 4.13. The van der Waals surface area contributed by atoms with E-state index in [0.717, 1.165) is 50.0 Å². The Kier molecular flexibility index (Phi) is 3.36. The van der Waals surface area contributed by atoms with E-state index in [0.29, 0.717) is 6.42 Å². The Morgan fingerprint density at radius 1 is 1.30 bits per heavy atom. The van der Waals surface area contributed by atoms with Gasteiger partial charge in [-0.15, -0.1) is 0 Å². The van der Waals surface area contributed by atoms with Crippen molar-refractivity contribution in [3.05, 3.63) is 47.3 Å². The molecule has 2 heterocycles. The Morgan fingerprint density at radius 2 is 2.13 bits per heavy atom. The van der Waals surface area contributed by atoms with Gasteiger partial charge in [-0.3, -0.25) is 9.89 Å². The second kappa shape index (κ2) is 5.41. The molecule has 5 heteroatoms. The number of nitrogens with two attached hydrogens (primary N) is 1. The van der Waals surface area contributed by atoms with E-state index in [1.54, 1.807) is 0 Å². The highest BCUT2D eigenvalue weighted by molar-refractivity contribution is 5.79. The summed E-state index contributed by atoms with van der Waals surface area (Å²) >= 11 is 0. The predicted molar refractivity (Wildman–Crippen MR) is 89.0 cm³/mol. The number of nitrogens with one attached hydrogen (secondary N) is 1. The maximum atomic E-state index is 12.7. The zero-order chi connectivity index (χ0) is 15.9. The molecule has 0 saturated carbocycles. The molecule has 23 heavy (non-hydrogen) atoms. The molecular formula is C18H22N4O. The lowest BCUT2D eigenvalue weighted by Gasteiger charge is -2.40. The minimum atomic E-state index is 0.0981. The highest BCUT2D eigenvalue weighted by atomic mass is 16.2. The first-order valence-electron chi connectivity index (χ1n) is 8.31. The van der Waals surface area contributed by atoms with Crippen molar-refractivity contribution in [3.63, 3.8) is 0 Å². The third-order valence-electron chi connectivity index (χ3n) is 5.39. The molecular weight excluding hydrogens is 288 g/mol. The van der Waals surface area contributed by atoms with Crippen LogP contribution in [0.3, 0.4) is 0 Å². The molecule has 2 aliphatic rings. The summed E-state index contributed by atoms with van der Waals surface area (Å²) in [6, 6.07) is 7.59. The lowest BCUT2D eigenvalue weighted by atomic mass is 9.77. The van der Waals surface area contributed by atoms with Gasteiger partial charge in [-0.05, 0) is 48.9 Å². The average molecular weight is 310 g/mol. The third kappa shape index (κ3) is 2.50. The molecule has 1 spiro atoms. The average Bonchev–Trinajstić information content (AvgIpc) is 3.15. The molecule has 1 amide bonds. The number of aryl methyl sites for hydroxylation is 1. The minimum absolute atomic E-state index is 0.0981. The summed E-state index contributed by atoms with van der Waals surface area (Å²) in [7, 11) is 0. The molecule has 4 rings (SSSR count). The molecule has 3 N–H and O–H groups in total. The van der Waals surface area contributed by atoms with Gasteiger partial charge in [0.15, 0.2) is 0 Å². The maximum Gasteiger partial charge on any atom is 0.227 e. The summed E-state index contributed by atoms with van der Waals surface area (Å²) in [5.41, 5.74) is 10.2. The third-order valence-corrected chi connectivity index (χ3v) is 5.39. The number of hydrogen-bond acceptors (Lipinski definition) is 3. The first-order valence-corrected chi connectivity index (χ1v) is 8.31. The topological polar surface area (TPSA) is 75.0 Å². The summed E-state index contributed by atoms with van der Waals surface area (Å²) in [4.78, 5) is 14.7. The van der Waals surface area contributed by atoms with E-state index in [9.17, 15) is 4.79 Å². The van der Waals surface area contributed by atoms with Crippen LogP contribution in [-0.4, -0.2) is 34.1 Å². The molecule has 0 bridgehead atoms. The van der Waals surface area contributed by atoms with Gasteiger partial charge in [0.2, 0.25) is 5.91 Å². The Balaban J connectivity index is 1.49. The van der Waals surface area contributed by atoms with E-state index < -0.39 is 0 Å². The Hall–Kier alpha value is -2.30. The molecule has 1 atom stereocenters. The number of carbonyl (C=O) groups excluding carboxylic acids is 1. The van der Waals surface area contributed by atoms with Crippen LogP contribution in [0.15, 0.2) is 30.5 Å². The molecule has 1 aromatic carbocycles. The van der Waals surface area contributed by atoms with Gasteiger partial charge in [0.1, 0.15) is 0 Å². The number of aromatic amines is 1. The van der Waals surface area contributed by atoms with Gasteiger partial charge in [-0.2, -0.15) is 5.10 Å². The number of anilines is 1. The van der Waals surface area contributed by atoms with E-state index in [-0.39, 0.29) is 11.3 Å². The van der Waals surface area contributed by atoms with Crippen molar-refractivity contribution >= 4 is 11.6 Å².